The number of rotatable bonds is 13. The fourth-order valence-corrected chi connectivity index (χ4v) is 4.06. The summed E-state index contributed by atoms with van der Waals surface area (Å²) in [5.74, 6) is 2.84. The maximum atomic E-state index is 11.9. The number of likely N-dealkylation sites (tertiary alicyclic amines) is 1. The maximum absolute atomic E-state index is 11.9. The Labute approximate surface area is 190 Å². The minimum Gasteiger partial charge on any atom is -0.494 e. The van der Waals surface area contributed by atoms with Crippen molar-refractivity contribution in [3.63, 3.8) is 0 Å². The number of hydrogen-bond acceptors (Lipinski definition) is 6. The lowest BCUT2D eigenvalue weighted by Gasteiger charge is -2.26. The number of nitrogens with one attached hydrogen (secondary N) is 2. The fraction of sp³-hybridized carbons (Fsp3) is 0.609. The first-order valence-corrected chi connectivity index (χ1v) is 12.3. The van der Waals surface area contributed by atoms with Crippen molar-refractivity contribution in [1.29, 1.82) is 5.26 Å². The SMILES string of the molecule is CCC(=NC#N)NCCSCC(=O)NCCCOc1cccc(CN2CCCCC2)c1. The number of amidine groups is 1. The van der Waals surface area contributed by atoms with Gasteiger partial charge in [0.25, 0.3) is 0 Å². The van der Waals surface area contributed by atoms with Crippen LogP contribution in [0.4, 0.5) is 0 Å². The third kappa shape index (κ3) is 11.1. The molecule has 1 aromatic rings. The number of nitriles is 1. The van der Waals surface area contributed by atoms with E-state index in [1.165, 1.54) is 37.9 Å². The zero-order valence-electron chi connectivity index (χ0n) is 18.6. The van der Waals surface area contributed by atoms with E-state index in [4.69, 9.17) is 10.00 Å². The molecule has 0 aromatic heterocycles. The van der Waals surface area contributed by atoms with Crippen molar-refractivity contribution in [1.82, 2.24) is 15.5 Å². The van der Waals surface area contributed by atoms with Crippen molar-refractivity contribution >= 4 is 23.5 Å². The first-order chi connectivity index (χ1) is 15.2. The predicted molar refractivity (Wildman–Crippen MR) is 127 cm³/mol. The van der Waals surface area contributed by atoms with Crippen molar-refractivity contribution in [2.75, 3.05) is 44.3 Å². The molecule has 0 saturated carbocycles. The molecule has 0 unspecified atom stereocenters. The average molecular weight is 446 g/mol. The molecular weight excluding hydrogens is 410 g/mol. The predicted octanol–water partition coefficient (Wildman–Crippen LogP) is 3.17. The van der Waals surface area contributed by atoms with Crippen molar-refractivity contribution < 1.29 is 9.53 Å². The second-order valence-electron chi connectivity index (χ2n) is 7.53. The second kappa shape index (κ2) is 15.5. The quantitative estimate of drug-likeness (QED) is 0.210. The van der Waals surface area contributed by atoms with Gasteiger partial charge in [-0.2, -0.15) is 22.0 Å². The van der Waals surface area contributed by atoms with Crippen molar-refractivity contribution in [3.8, 4) is 11.9 Å². The summed E-state index contributed by atoms with van der Waals surface area (Å²) in [5.41, 5.74) is 1.30. The molecule has 1 heterocycles. The Bertz CT molecular complexity index is 729. The molecule has 7 nitrogen and oxygen atoms in total. The summed E-state index contributed by atoms with van der Waals surface area (Å²) in [6.45, 7) is 7.20. The van der Waals surface area contributed by atoms with Gasteiger partial charge < -0.3 is 15.4 Å². The smallest absolute Gasteiger partial charge is 0.229 e. The Hall–Kier alpha value is -2.24. The average Bonchev–Trinajstić information content (AvgIpc) is 2.79. The van der Waals surface area contributed by atoms with E-state index in [2.05, 4.69) is 38.7 Å². The molecule has 2 rings (SSSR count). The molecule has 0 spiro atoms. The summed E-state index contributed by atoms with van der Waals surface area (Å²) in [4.78, 5) is 18.1. The lowest BCUT2D eigenvalue weighted by atomic mass is 10.1. The summed E-state index contributed by atoms with van der Waals surface area (Å²) >= 11 is 1.56. The van der Waals surface area contributed by atoms with Gasteiger partial charge in [-0.05, 0) is 50.0 Å². The fourth-order valence-electron chi connectivity index (χ4n) is 3.39. The Morgan fingerprint density at radius 2 is 2.10 bits per heavy atom. The van der Waals surface area contributed by atoms with Crippen LogP contribution in [0.3, 0.4) is 0 Å². The molecule has 170 valence electrons. The first kappa shape index (κ1) is 25.0. The summed E-state index contributed by atoms with van der Waals surface area (Å²) in [5, 5.41) is 14.6. The monoisotopic (exact) mass is 445 g/mol. The van der Waals surface area contributed by atoms with Gasteiger partial charge in [-0.1, -0.05) is 25.5 Å². The normalized spacial score (nSPS) is 14.6. The van der Waals surface area contributed by atoms with Crippen LogP contribution in [0.25, 0.3) is 0 Å². The Morgan fingerprint density at radius 1 is 1.26 bits per heavy atom. The first-order valence-electron chi connectivity index (χ1n) is 11.2. The zero-order chi connectivity index (χ0) is 22.2. The topological polar surface area (TPSA) is 89.8 Å². The van der Waals surface area contributed by atoms with Crippen molar-refractivity contribution in [3.05, 3.63) is 29.8 Å². The largest absolute Gasteiger partial charge is 0.494 e. The number of amides is 1. The molecule has 1 fully saturated rings. The summed E-state index contributed by atoms with van der Waals surface area (Å²) in [6.07, 6.45) is 7.21. The van der Waals surface area contributed by atoms with Crippen LogP contribution in [0.5, 0.6) is 5.75 Å². The molecule has 0 aliphatic carbocycles. The van der Waals surface area contributed by atoms with E-state index in [0.717, 1.165) is 24.5 Å². The second-order valence-corrected chi connectivity index (χ2v) is 8.63. The number of nitrogens with zero attached hydrogens (tertiary/aromatic N) is 3. The van der Waals surface area contributed by atoms with Gasteiger partial charge in [-0.3, -0.25) is 9.69 Å². The number of benzene rings is 1. The highest BCUT2D eigenvalue weighted by Crippen LogP contribution is 2.17. The number of piperidine rings is 1. The number of ether oxygens (including phenoxy) is 1. The standard InChI is InChI=1S/C23H35N5O2S/c1-2-22(27-19-24)25-11-15-31-18-23(29)26-10-7-14-30-21-9-6-8-20(16-21)17-28-12-4-3-5-13-28/h6,8-9,16H,2-5,7,10-15,17-18H2,1H3,(H,25,27)(H,26,29). The van der Waals surface area contributed by atoms with Crippen LogP contribution < -0.4 is 15.4 Å². The molecule has 31 heavy (non-hydrogen) atoms. The third-order valence-electron chi connectivity index (χ3n) is 4.99. The molecule has 1 amide bonds. The molecule has 2 N–H and O–H groups in total. The minimum atomic E-state index is 0.0370. The van der Waals surface area contributed by atoms with E-state index in [1.807, 2.05) is 13.0 Å². The van der Waals surface area contributed by atoms with E-state index >= 15 is 0 Å². The Kier molecular flexibility index (Phi) is 12.5. The van der Waals surface area contributed by atoms with Gasteiger partial charge in [-0.15, -0.1) is 0 Å². The van der Waals surface area contributed by atoms with Crippen LogP contribution in [-0.2, 0) is 11.3 Å². The maximum Gasteiger partial charge on any atom is 0.229 e. The zero-order valence-corrected chi connectivity index (χ0v) is 19.4. The molecular formula is C23H35N5O2S. The number of hydrogen-bond donors (Lipinski definition) is 2. The molecule has 1 saturated heterocycles. The number of thioether (sulfide) groups is 1. The summed E-state index contributed by atoms with van der Waals surface area (Å²) in [7, 11) is 0. The molecule has 1 aliphatic rings. The lowest BCUT2D eigenvalue weighted by molar-refractivity contribution is -0.118. The molecule has 0 atom stereocenters. The van der Waals surface area contributed by atoms with Crippen molar-refractivity contribution in [2.45, 2.75) is 45.6 Å². The van der Waals surface area contributed by atoms with Gasteiger partial charge in [0.05, 0.1) is 12.4 Å². The molecule has 8 heteroatoms. The minimum absolute atomic E-state index is 0.0370. The van der Waals surface area contributed by atoms with Gasteiger partial charge >= 0.3 is 0 Å². The van der Waals surface area contributed by atoms with Crippen LogP contribution >= 0.6 is 11.8 Å². The van der Waals surface area contributed by atoms with E-state index in [0.29, 0.717) is 37.7 Å². The Morgan fingerprint density at radius 3 is 2.87 bits per heavy atom. The third-order valence-corrected chi connectivity index (χ3v) is 5.95. The van der Waals surface area contributed by atoms with Gasteiger partial charge in [0.15, 0.2) is 0 Å². The molecule has 1 aliphatic heterocycles. The van der Waals surface area contributed by atoms with Crippen LogP contribution in [0.15, 0.2) is 29.3 Å². The lowest BCUT2D eigenvalue weighted by Crippen LogP contribution is -2.29. The molecule has 1 aromatic carbocycles. The van der Waals surface area contributed by atoms with E-state index in [-0.39, 0.29) is 5.91 Å². The van der Waals surface area contributed by atoms with E-state index in [9.17, 15) is 4.79 Å². The number of aliphatic imine (C=N–C) groups is 1. The van der Waals surface area contributed by atoms with Crippen molar-refractivity contribution in [2.24, 2.45) is 4.99 Å². The molecule has 0 radical (unpaired) electrons. The Balaban J connectivity index is 1.52. The highest BCUT2D eigenvalue weighted by Gasteiger charge is 2.10. The number of carbonyl (C=O) groups is 1. The molecule has 0 bridgehead atoms. The van der Waals surface area contributed by atoms with Gasteiger partial charge in [0, 0.05) is 31.8 Å². The summed E-state index contributed by atoms with van der Waals surface area (Å²) < 4.78 is 5.87. The van der Waals surface area contributed by atoms with Crippen LogP contribution in [0.2, 0.25) is 0 Å². The highest BCUT2D eigenvalue weighted by atomic mass is 32.2. The van der Waals surface area contributed by atoms with Crippen LogP contribution in [0.1, 0.15) is 44.6 Å². The number of carbonyl (C=O) groups excluding carboxylic acids is 1. The highest BCUT2D eigenvalue weighted by molar-refractivity contribution is 7.99. The van der Waals surface area contributed by atoms with Gasteiger partial charge in [0.2, 0.25) is 12.1 Å². The van der Waals surface area contributed by atoms with Crippen LogP contribution in [0, 0.1) is 11.5 Å². The summed E-state index contributed by atoms with van der Waals surface area (Å²) in [6, 6.07) is 8.34. The van der Waals surface area contributed by atoms with Crippen LogP contribution in [-0.4, -0.2) is 60.9 Å². The van der Waals surface area contributed by atoms with E-state index in [1.54, 1.807) is 18.0 Å². The van der Waals surface area contributed by atoms with Gasteiger partial charge in [-0.25, -0.2) is 0 Å². The van der Waals surface area contributed by atoms with Gasteiger partial charge in [0.1, 0.15) is 11.6 Å². The van der Waals surface area contributed by atoms with E-state index < -0.39 is 0 Å².